The predicted molar refractivity (Wildman–Crippen MR) is 95.5 cm³/mol. The molecule has 3 heteroatoms. The fourth-order valence-electron chi connectivity index (χ4n) is 2.52. The third kappa shape index (κ3) is 3.76. The van der Waals surface area contributed by atoms with Gasteiger partial charge in [-0.3, -0.25) is 9.59 Å². The molecule has 3 nitrogen and oxygen atoms in total. The van der Waals surface area contributed by atoms with Crippen molar-refractivity contribution in [2.75, 3.05) is 5.32 Å². The summed E-state index contributed by atoms with van der Waals surface area (Å²) in [6, 6.07) is 24.5. The second-order valence-electron chi connectivity index (χ2n) is 5.51. The highest BCUT2D eigenvalue weighted by atomic mass is 16.1. The quantitative estimate of drug-likeness (QED) is 0.712. The van der Waals surface area contributed by atoms with Crippen molar-refractivity contribution >= 4 is 17.9 Å². The van der Waals surface area contributed by atoms with Crippen LogP contribution >= 0.6 is 0 Å². The molecular formula is C21H17NO2. The lowest BCUT2D eigenvalue weighted by Crippen LogP contribution is -2.13. The minimum atomic E-state index is -0.187. The highest BCUT2D eigenvalue weighted by molar-refractivity contribution is 6.04. The number of carbonyl (C=O) groups is 2. The molecule has 3 rings (SSSR count). The first-order valence-electron chi connectivity index (χ1n) is 7.75. The monoisotopic (exact) mass is 315 g/mol. The van der Waals surface area contributed by atoms with Gasteiger partial charge in [-0.1, -0.05) is 60.7 Å². The fraction of sp³-hybridized carbons (Fsp3) is 0.0476. The van der Waals surface area contributed by atoms with Gasteiger partial charge in [0.15, 0.2) is 0 Å². The van der Waals surface area contributed by atoms with Gasteiger partial charge in [0, 0.05) is 16.8 Å². The Kier molecular flexibility index (Phi) is 4.82. The number of carbonyl (C=O) groups excluding carboxylic acids is 2. The van der Waals surface area contributed by atoms with E-state index in [-0.39, 0.29) is 5.91 Å². The summed E-state index contributed by atoms with van der Waals surface area (Å²) in [7, 11) is 0. The molecular weight excluding hydrogens is 298 g/mol. The number of anilines is 1. The first kappa shape index (κ1) is 15.7. The largest absolute Gasteiger partial charge is 0.322 e. The maximum absolute atomic E-state index is 12.4. The molecule has 1 amide bonds. The van der Waals surface area contributed by atoms with E-state index in [1.807, 2.05) is 42.5 Å². The third-order valence-corrected chi connectivity index (χ3v) is 3.81. The molecule has 3 aromatic carbocycles. The highest BCUT2D eigenvalue weighted by Crippen LogP contribution is 2.20. The lowest BCUT2D eigenvalue weighted by Gasteiger charge is -2.11. The van der Waals surface area contributed by atoms with Crippen LogP contribution in [0.4, 0.5) is 5.69 Å². The Hall–Kier alpha value is -3.20. The lowest BCUT2D eigenvalue weighted by atomic mass is 10.0. The highest BCUT2D eigenvalue weighted by Gasteiger charge is 2.09. The number of amides is 1. The van der Waals surface area contributed by atoms with Gasteiger partial charge in [0.05, 0.1) is 0 Å². The van der Waals surface area contributed by atoms with Crippen molar-refractivity contribution < 1.29 is 9.59 Å². The van der Waals surface area contributed by atoms with Crippen molar-refractivity contribution in [1.29, 1.82) is 0 Å². The van der Waals surface area contributed by atoms with Crippen molar-refractivity contribution in [2.24, 2.45) is 0 Å². The molecule has 0 fully saturated rings. The summed E-state index contributed by atoms with van der Waals surface area (Å²) in [6.45, 7) is 0. The van der Waals surface area contributed by atoms with Crippen molar-refractivity contribution in [3.05, 3.63) is 101 Å². The van der Waals surface area contributed by atoms with Gasteiger partial charge in [-0.2, -0.15) is 0 Å². The second-order valence-corrected chi connectivity index (χ2v) is 5.51. The van der Waals surface area contributed by atoms with Crippen LogP contribution in [-0.2, 0) is 6.42 Å². The Morgan fingerprint density at radius 2 is 1.50 bits per heavy atom. The predicted octanol–water partition coefficient (Wildman–Crippen LogP) is 4.34. The van der Waals surface area contributed by atoms with Gasteiger partial charge >= 0.3 is 0 Å². The molecule has 0 bridgehead atoms. The van der Waals surface area contributed by atoms with Gasteiger partial charge in [0.2, 0.25) is 0 Å². The number of aldehydes is 1. The maximum Gasteiger partial charge on any atom is 0.255 e. The molecule has 0 aromatic heterocycles. The summed E-state index contributed by atoms with van der Waals surface area (Å²) in [5, 5.41) is 2.96. The normalized spacial score (nSPS) is 10.2. The summed E-state index contributed by atoms with van der Waals surface area (Å²) in [4.78, 5) is 23.1. The van der Waals surface area contributed by atoms with Crippen LogP contribution in [0.3, 0.4) is 0 Å². The Bertz CT molecular complexity index is 839. The minimum absolute atomic E-state index is 0.187. The van der Waals surface area contributed by atoms with E-state index in [9.17, 15) is 9.59 Å². The molecule has 0 atom stereocenters. The van der Waals surface area contributed by atoms with Crippen molar-refractivity contribution in [3.8, 4) is 0 Å². The zero-order chi connectivity index (χ0) is 16.8. The van der Waals surface area contributed by atoms with Crippen LogP contribution in [0.25, 0.3) is 0 Å². The standard InChI is InChI=1S/C21H17NO2/c23-15-17-10-12-18(13-11-17)21(24)22-20-9-5-4-8-19(20)14-16-6-2-1-3-7-16/h1-13,15H,14H2,(H,22,24). The Morgan fingerprint density at radius 1 is 0.833 bits per heavy atom. The summed E-state index contributed by atoms with van der Waals surface area (Å²) >= 11 is 0. The Balaban J connectivity index is 1.79. The van der Waals surface area contributed by atoms with E-state index >= 15 is 0 Å². The minimum Gasteiger partial charge on any atom is -0.322 e. The molecule has 0 heterocycles. The van der Waals surface area contributed by atoms with Crippen molar-refractivity contribution in [3.63, 3.8) is 0 Å². The maximum atomic E-state index is 12.4. The van der Waals surface area contributed by atoms with Crippen LogP contribution in [0.5, 0.6) is 0 Å². The number of hydrogen-bond donors (Lipinski definition) is 1. The average Bonchev–Trinajstić information content (AvgIpc) is 2.64. The zero-order valence-electron chi connectivity index (χ0n) is 13.1. The molecule has 24 heavy (non-hydrogen) atoms. The SMILES string of the molecule is O=Cc1ccc(C(=O)Nc2ccccc2Cc2ccccc2)cc1. The second kappa shape index (κ2) is 7.38. The van der Waals surface area contributed by atoms with E-state index in [0.717, 1.165) is 24.0 Å². The van der Waals surface area contributed by atoms with Gasteiger partial charge in [0.1, 0.15) is 6.29 Å². The molecule has 0 spiro atoms. The van der Waals surface area contributed by atoms with Crippen LogP contribution in [0.15, 0.2) is 78.9 Å². The molecule has 0 aliphatic heterocycles. The first-order chi connectivity index (χ1) is 11.8. The van der Waals surface area contributed by atoms with E-state index in [0.29, 0.717) is 11.1 Å². The number of hydrogen-bond acceptors (Lipinski definition) is 2. The Labute approximate surface area is 141 Å². The molecule has 0 unspecified atom stereocenters. The molecule has 0 aliphatic carbocycles. The molecule has 1 N–H and O–H groups in total. The molecule has 118 valence electrons. The number of rotatable bonds is 5. The molecule has 0 aliphatic rings. The summed E-state index contributed by atoms with van der Waals surface area (Å²) < 4.78 is 0. The fourth-order valence-corrected chi connectivity index (χ4v) is 2.52. The van der Waals surface area contributed by atoms with Crippen LogP contribution in [0, 0.1) is 0 Å². The lowest BCUT2D eigenvalue weighted by molar-refractivity contribution is 0.102. The van der Waals surface area contributed by atoms with E-state index in [1.165, 1.54) is 5.56 Å². The van der Waals surface area contributed by atoms with Crippen LogP contribution in [0.2, 0.25) is 0 Å². The number of benzene rings is 3. The smallest absolute Gasteiger partial charge is 0.255 e. The molecule has 3 aromatic rings. The van der Waals surface area contributed by atoms with E-state index < -0.39 is 0 Å². The Morgan fingerprint density at radius 3 is 2.21 bits per heavy atom. The van der Waals surface area contributed by atoms with Crippen LogP contribution < -0.4 is 5.32 Å². The number of nitrogens with one attached hydrogen (secondary N) is 1. The summed E-state index contributed by atoms with van der Waals surface area (Å²) in [5.74, 6) is -0.187. The van der Waals surface area contributed by atoms with Gasteiger partial charge in [0.25, 0.3) is 5.91 Å². The molecule has 0 saturated heterocycles. The average molecular weight is 315 g/mol. The third-order valence-electron chi connectivity index (χ3n) is 3.81. The molecule has 0 radical (unpaired) electrons. The summed E-state index contributed by atoms with van der Waals surface area (Å²) in [6.07, 6.45) is 1.51. The van der Waals surface area contributed by atoms with Gasteiger partial charge in [-0.25, -0.2) is 0 Å². The van der Waals surface area contributed by atoms with E-state index in [2.05, 4.69) is 17.4 Å². The van der Waals surface area contributed by atoms with E-state index in [1.54, 1.807) is 24.3 Å². The van der Waals surface area contributed by atoms with E-state index in [4.69, 9.17) is 0 Å². The van der Waals surface area contributed by atoms with Crippen molar-refractivity contribution in [1.82, 2.24) is 0 Å². The van der Waals surface area contributed by atoms with Crippen molar-refractivity contribution in [2.45, 2.75) is 6.42 Å². The zero-order valence-corrected chi connectivity index (χ0v) is 13.1. The number of para-hydroxylation sites is 1. The van der Waals surface area contributed by atoms with Gasteiger partial charge in [-0.15, -0.1) is 0 Å². The van der Waals surface area contributed by atoms with Crippen LogP contribution in [0.1, 0.15) is 31.8 Å². The van der Waals surface area contributed by atoms with Gasteiger partial charge < -0.3 is 5.32 Å². The first-order valence-corrected chi connectivity index (χ1v) is 7.75. The summed E-state index contributed by atoms with van der Waals surface area (Å²) in [5.41, 5.74) is 4.12. The molecule has 0 saturated carbocycles. The van der Waals surface area contributed by atoms with Gasteiger partial charge in [-0.05, 0) is 35.7 Å². The van der Waals surface area contributed by atoms with Crippen LogP contribution in [-0.4, -0.2) is 12.2 Å². The topological polar surface area (TPSA) is 46.2 Å².